The maximum Gasteiger partial charge on any atom is 0.371 e. The van der Waals surface area contributed by atoms with Crippen LogP contribution < -0.4 is 4.74 Å². The fraction of sp³-hybridized carbons (Fsp3) is 0.375. The van der Waals surface area contributed by atoms with Crippen LogP contribution in [0.5, 0.6) is 5.95 Å². The van der Waals surface area contributed by atoms with E-state index in [4.69, 9.17) is 19.0 Å². The molecule has 0 fully saturated rings. The summed E-state index contributed by atoms with van der Waals surface area (Å²) in [4.78, 5) is 10.4. The summed E-state index contributed by atoms with van der Waals surface area (Å²) >= 11 is 0. The van der Waals surface area contributed by atoms with Crippen molar-refractivity contribution in [1.82, 2.24) is 0 Å². The Hall–Kier alpha value is -1.49. The van der Waals surface area contributed by atoms with E-state index < -0.39 is 5.97 Å². The first kappa shape index (κ1) is 9.60. The van der Waals surface area contributed by atoms with Crippen LogP contribution in [0.3, 0.4) is 0 Å². The van der Waals surface area contributed by atoms with Crippen molar-refractivity contribution in [2.45, 2.75) is 0 Å². The molecule has 1 rings (SSSR count). The van der Waals surface area contributed by atoms with E-state index in [2.05, 4.69) is 0 Å². The van der Waals surface area contributed by atoms with Crippen molar-refractivity contribution in [3.63, 3.8) is 0 Å². The molecule has 0 bridgehead atoms. The number of rotatable bonds is 5. The second kappa shape index (κ2) is 4.51. The summed E-state index contributed by atoms with van der Waals surface area (Å²) in [5.74, 6) is -1.05. The number of carboxylic acid groups (broad SMARTS) is 1. The normalized spacial score (nSPS) is 9.92. The Balaban J connectivity index is 2.44. The van der Waals surface area contributed by atoms with Crippen LogP contribution >= 0.6 is 0 Å². The molecule has 0 aliphatic heterocycles. The van der Waals surface area contributed by atoms with E-state index in [-0.39, 0.29) is 11.7 Å². The maximum absolute atomic E-state index is 10.4. The predicted molar refractivity (Wildman–Crippen MR) is 43.0 cm³/mol. The minimum Gasteiger partial charge on any atom is -0.475 e. The topological polar surface area (TPSA) is 68.9 Å². The molecule has 1 aromatic rings. The number of carbonyl (C=O) groups is 1. The molecule has 0 spiro atoms. The summed E-state index contributed by atoms with van der Waals surface area (Å²) in [7, 11) is 1.55. The Labute approximate surface area is 74.9 Å². The highest BCUT2D eigenvalue weighted by Gasteiger charge is 2.08. The molecule has 0 amide bonds. The molecule has 5 heteroatoms. The van der Waals surface area contributed by atoms with Gasteiger partial charge in [0.05, 0.1) is 6.61 Å². The predicted octanol–water partition coefficient (Wildman–Crippen LogP) is 1.00. The van der Waals surface area contributed by atoms with Gasteiger partial charge in [-0.05, 0) is 6.07 Å². The lowest BCUT2D eigenvalue weighted by Crippen LogP contribution is -2.03. The monoisotopic (exact) mass is 186 g/mol. The Kier molecular flexibility index (Phi) is 3.33. The second-order valence-corrected chi connectivity index (χ2v) is 2.27. The van der Waals surface area contributed by atoms with Crippen LogP contribution in [-0.4, -0.2) is 31.4 Å². The minimum atomic E-state index is -1.11. The van der Waals surface area contributed by atoms with Crippen molar-refractivity contribution >= 4 is 5.97 Å². The number of hydrogen-bond acceptors (Lipinski definition) is 4. The Morgan fingerprint density at radius 3 is 2.85 bits per heavy atom. The average Bonchev–Trinajstić information content (AvgIpc) is 2.53. The molecular formula is C8H10O5. The average molecular weight is 186 g/mol. The van der Waals surface area contributed by atoms with Gasteiger partial charge in [0.15, 0.2) is 0 Å². The van der Waals surface area contributed by atoms with Gasteiger partial charge in [-0.2, -0.15) is 0 Å². The van der Waals surface area contributed by atoms with Crippen LogP contribution in [0.4, 0.5) is 0 Å². The standard InChI is InChI=1S/C8H10O5/c1-11-4-5-12-7-3-2-6(13-7)8(9)10/h2-3H,4-5H2,1H3,(H,9,10). The summed E-state index contributed by atoms with van der Waals surface area (Å²) in [6.07, 6.45) is 0. The van der Waals surface area contributed by atoms with Gasteiger partial charge in [0.1, 0.15) is 6.61 Å². The van der Waals surface area contributed by atoms with Gasteiger partial charge in [0.2, 0.25) is 5.76 Å². The van der Waals surface area contributed by atoms with E-state index in [0.29, 0.717) is 13.2 Å². The van der Waals surface area contributed by atoms with E-state index in [0.717, 1.165) is 0 Å². The molecule has 1 heterocycles. The number of carboxylic acids is 1. The number of ether oxygens (including phenoxy) is 2. The van der Waals surface area contributed by atoms with Crippen LogP contribution in [0, 0.1) is 0 Å². The first-order valence-electron chi connectivity index (χ1n) is 3.69. The molecule has 0 atom stereocenters. The van der Waals surface area contributed by atoms with Crippen LogP contribution in [-0.2, 0) is 4.74 Å². The summed E-state index contributed by atoms with van der Waals surface area (Å²) in [5.41, 5.74) is 0. The third-order valence-electron chi connectivity index (χ3n) is 1.32. The molecule has 0 unspecified atom stereocenters. The summed E-state index contributed by atoms with van der Waals surface area (Å²) in [5, 5.41) is 8.50. The Morgan fingerprint density at radius 2 is 2.31 bits per heavy atom. The van der Waals surface area contributed by atoms with Gasteiger partial charge in [0, 0.05) is 13.2 Å². The van der Waals surface area contributed by atoms with Gasteiger partial charge in [0.25, 0.3) is 5.95 Å². The van der Waals surface area contributed by atoms with Gasteiger partial charge < -0.3 is 19.0 Å². The minimum absolute atomic E-state index is 0.132. The third kappa shape index (κ3) is 2.79. The van der Waals surface area contributed by atoms with Crippen LogP contribution in [0.15, 0.2) is 16.5 Å². The molecular weight excluding hydrogens is 176 g/mol. The van der Waals surface area contributed by atoms with Crippen LogP contribution in [0.2, 0.25) is 0 Å². The van der Waals surface area contributed by atoms with Crippen molar-refractivity contribution in [3.8, 4) is 5.95 Å². The van der Waals surface area contributed by atoms with Gasteiger partial charge in [-0.25, -0.2) is 4.79 Å². The number of methoxy groups -OCH3 is 1. The van der Waals surface area contributed by atoms with Gasteiger partial charge in [-0.15, -0.1) is 0 Å². The molecule has 0 aliphatic rings. The molecule has 1 aromatic heterocycles. The second-order valence-electron chi connectivity index (χ2n) is 2.27. The molecule has 0 saturated carbocycles. The molecule has 1 N–H and O–H groups in total. The van der Waals surface area contributed by atoms with E-state index in [1.54, 1.807) is 7.11 Å². The van der Waals surface area contributed by atoms with Gasteiger partial charge in [-0.3, -0.25) is 0 Å². The quantitative estimate of drug-likeness (QED) is 0.695. The lowest BCUT2D eigenvalue weighted by atomic mass is 10.5. The van der Waals surface area contributed by atoms with Gasteiger partial charge in [-0.1, -0.05) is 0 Å². The highest BCUT2D eigenvalue weighted by molar-refractivity contribution is 5.84. The summed E-state index contributed by atoms with van der Waals surface area (Å²) < 4.78 is 14.6. The Morgan fingerprint density at radius 1 is 1.54 bits per heavy atom. The van der Waals surface area contributed by atoms with Gasteiger partial charge >= 0.3 is 5.97 Å². The highest BCUT2D eigenvalue weighted by atomic mass is 16.6. The van der Waals surface area contributed by atoms with Crippen molar-refractivity contribution in [2.24, 2.45) is 0 Å². The van der Waals surface area contributed by atoms with E-state index in [1.165, 1.54) is 12.1 Å². The lowest BCUT2D eigenvalue weighted by molar-refractivity contribution is 0.0649. The SMILES string of the molecule is COCCOc1ccc(C(=O)O)o1. The fourth-order valence-corrected chi connectivity index (χ4v) is 0.738. The van der Waals surface area contributed by atoms with Crippen LogP contribution in [0.1, 0.15) is 10.6 Å². The third-order valence-corrected chi connectivity index (χ3v) is 1.32. The molecule has 0 aromatic carbocycles. The molecule has 72 valence electrons. The fourth-order valence-electron chi connectivity index (χ4n) is 0.738. The van der Waals surface area contributed by atoms with Crippen molar-refractivity contribution in [2.75, 3.05) is 20.3 Å². The molecule has 5 nitrogen and oxygen atoms in total. The maximum atomic E-state index is 10.4. The largest absolute Gasteiger partial charge is 0.475 e. The Bertz CT molecular complexity index is 278. The van der Waals surface area contributed by atoms with Crippen molar-refractivity contribution < 1.29 is 23.8 Å². The zero-order chi connectivity index (χ0) is 9.68. The van der Waals surface area contributed by atoms with E-state index >= 15 is 0 Å². The smallest absolute Gasteiger partial charge is 0.371 e. The molecule has 0 aliphatic carbocycles. The number of aromatic carboxylic acids is 1. The highest BCUT2D eigenvalue weighted by Crippen LogP contribution is 2.15. The lowest BCUT2D eigenvalue weighted by Gasteiger charge is -1.99. The van der Waals surface area contributed by atoms with Crippen LogP contribution in [0.25, 0.3) is 0 Å². The number of hydrogen-bond donors (Lipinski definition) is 1. The summed E-state index contributed by atoms with van der Waals surface area (Å²) in [6, 6.07) is 2.80. The molecule has 0 radical (unpaired) electrons. The zero-order valence-corrected chi connectivity index (χ0v) is 7.15. The molecule has 0 saturated heterocycles. The van der Waals surface area contributed by atoms with Crippen molar-refractivity contribution in [3.05, 3.63) is 17.9 Å². The van der Waals surface area contributed by atoms with E-state index in [1.807, 2.05) is 0 Å². The van der Waals surface area contributed by atoms with E-state index in [9.17, 15) is 4.79 Å². The number of furan rings is 1. The molecule has 13 heavy (non-hydrogen) atoms. The van der Waals surface area contributed by atoms with Crippen molar-refractivity contribution in [1.29, 1.82) is 0 Å². The summed E-state index contributed by atoms with van der Waals surface area (Å²) in [6.45, 7) is 0.770. The first-order chi connectivity index (χ1) is 6.24. The zero-order valence-electron chi connectivity index (χ0n) is 7.15. The first-order valence-corrected chi connectivity index (χ1v) is 3.69.